The molecule has 0 aromatic heterocycles. The van der Waals surface area contributed by atoms with E-state index in [0.717, 1.165) is 23.1 Å². The van der Waals surface area contributed by atoms with Crippen LogP contribution in [0.25, 0.3) is 0 Å². The second-order valence-corrected chi connectivity index (χ2v) is 5.51. The number of hydrogen-bond donors (Lipinski definition) is 1. The highest BCUT2D eigenvalue weighted by Crippen LogP contribution is 2.35. The fourth-order valence-electron chi connectivity index (χ4n) is 2.05. The second kappa shape index (κ2) is 5.42. The molecule has 0 amide bonds. The van der Waals surface area contributed by atoms with Crippen LogP contribution in [0.15, 0.2) is 12.1 Å². The lowest BCUT2D eigenvalue weighted by molar-refractivity contribution is -0.136. The zero-order valence-electron chi connectivity index (χ0n) is 11.8. The molecule has 0 atom stereocenters. The number of benzene rings is 1. The third-order valence-corrected chi connectivity index (χ3v) is 2.99. The molecule has 3 heteroatoms. The molecule has 0 unspecified atom stereocenters. The molecule has 18 heavy (non-hydrogen) atoms. The summed E-state index contributed by atoms with van der Waals surface area (Å²) in [6, 6.07) is 4.05. The lowest BCUT2D eigenvalue weighted by atomic mass is 9.83. The highest BCUT2D eigenvalue weighted by atomic mass is 16.5. The monoisotopic (exact) mass is 250 g/mol. The number of rotatable bonds is 4. The van der Waals surface area contributed by atoms with Crippen molar-refractivity contribution < 1.29 is 14.6 Å². The summed E-state index contributed by atoms with van der Waals surface area (Å²) >= 11 is 0. The Balaban J connectivity index is 3.44. The Hall–Kier alpha value is -1.51. The first kappa shape index (κ1) is 14.6. The fourth-order valence-corrected chi connectivity index (χ4v) is 2.05. The molecule has 0 aliphatic carbocycles. The molecule has 0 spiro atoms. The Morgan fingerprint density at radius 2 is 1.94 bits per heavy atom. The zero-order valence-corrected chi connectivity index (χ0v) is 11.8. The molecule has 3 nitrogen and oxygen atoms in total. The van der Waals surface area contributed by atoms with Gasteiger partial charge in [-0.2, -0.15) is 0 Å². The van der Waals surface area contributed by atoms with E-state index < -0.39 is 5.97 Å². The number of carboxylic acids is 1. The summed E-state index contributed by atoms with van der Waals surface area (Å²) in [4.78, 5) is 10.9. The predicted octanol–water partition coefficient (Wildman–Crippen LogP) is 3.18. The standard InChI is InChI=1S/C15H22O3/c1-6-10-7-11(9-13(16)17)14(18-5)12(8-10)15(2,3)4/h7-8H,6,9H2,1-5H3,(H,16,17). The molecule has 1 aromatic rings. The quantitative estimate of drug-likeness (QED) is 0.892. The molecular formula is C15H22O3. The fraction of sp³-hybridized carbons (Fsp3) is 0.533. The van der Waals surface area contributed by atoms with Crippen LogP contribution in [0, 0.1) is 0 Å². The van der Waals surface area contributed by atoms with Crippen LogP contribution < -0.4 is 4.74 Å². The van der Waals surface area contributed by atoms with E-state index in [4.69, 9.17) is 9.84 Å². The maximum Gasteiger partial charge on any atom is 0.307 e. The van der Waals surface area contributed by atoms with E-state index in [1.54, 1.807) is 7.11 Å². The smallest absolute Gasteiger partial charge is 0.307 e. The molecule has 1 N–H and O–H groups in total. The molecule has 1 rings (SSSR count). The van der Waals surface area contributed by atoms with Gasteiger partial charge in [0.25, 0.3) is 0 Å². The summed E-state index contributed by atoms with van der Waals surface area (Å²) in [5, 5.41) is 8.99. The van der Waals surface area contributed by atoms with Crippen LogP contribution in [0.2, 0.25) is 0 Å². The predicted molar refractivity (Wildman–Crippen MR) is 72.4 cm³/mol. The molecule has 0 radical (unpaired) electrons. The van der Waals surface area contributed by atoms with Gasteiger partial charge in [0.15, 0.2) is 0 Å². The number of ether oxygens (including phenoxy) is 1. The van der Waals surface area contributed by atoms with Crippen molar-refractivity contribution in [1.29, 1.82) is 0 Å². The molecule has 0 saturated carbocycles. The SMILES string of the molecule is CCc1cc(CC(=O)O)c(OC)c(C(C)(C)C)c1. The summed E-state index contributed by atoms with van der Waals surface area (Å²) in [5.74, 6) is -0.122. The van der Waals surface area contributed by atoms with Gasteiger partial charge in [0.2, 0.25) is 0 Å². The Morgan fingerprint density at radius 1 is 1.33 bits per heavy atom. The number of carbonyl (C=O) groups is 1. The summed E-state index contributed by atoms with van der Waals surface area (Å²) in [6.45, 7) is 8.39. The van der Waals surface area contributed by atoms with Crippen molar-refractivity contribution in [2.45, 2.75) is 46.0 Å². The summed E-state index contributed by atoms with van der Waals surface area (Å²) < 4.78 is 5.44. The van der Waals surface area contributed by atoms with E-state index in [2.05, 4.69) is 33.8 Å². The zero-order chi connectivity index (χ0) is 13.9. The highest BCUT2D eigenvalue weighted by molar-refractivity contribution is 5.72. The van der Waals surface area contributed by atoms with Crippen molar-refractivity contribution in [1.82, 2.24) is 0 Å². The van der Waals surface area contributed by atoms with Gasteiger partial charge >= 0.3 is 5.97 Å². The first-order valence-electron chi connectivity index (χ1n) is 6.21. The minimum absolute atomic E-state index is 0.0000926. The van der Waals surface area contributed by atoms with Gasteiger partial charge in [-0.1, -0.05) is 39.8 Å². The Bertz CT molecular complexity index is 442. The molecule has 100 valence electrons. The van der Waals surface area contributed by atoms with Gasteiger partial charge in [-0.15, -0.1) is 0 Å². The molecule has 0 saturated heterocycles. The third-order valence-electron chi connectivity index (χ3n) is 2.99. The van der Waals surface area contributed by atoms with Gasteiger partial charge in [0, 0.05) is 11.1 Å². The summed E-state index contributed by atoms with van der Waals surface area (Å²) in [7, 11) is 1.60. The molecule has 0 aliphatic heterocycles. The van der Waals surface area contributed by atoms with Crippen LogP contribution in [0.4, 0.5) is 0 Å². The topological polar surface area (TPSA) is 46.5 Å². The van der Waals surface area contributed by atoms with Crippen molar-refractivity contribution in [3.8, 4) is 5.75 Å². The average molecular weight is 250 g/mol. The van der Waals surface area contributed by atoms with Crippen molar-refractivity contribution in [2.24, 2.45) is 0 Å². The van der Waals surface area contributed by atoms with Crippen LogP contribution in [-0.2, 0) is 23.1 Å². The van der Waals surface area contributed by atoms with Gasteiger partial charge < -0.3 is 9.84 Å². The maximum atomic E-state index is 10.9. The van der Waals surface area contributed by atoms with Gasteiger partial charge in [-0.3, -0.25) is 4.79 Å². The first-order chi connectivity index (χ1) is 8.29. The maximum absolute atomic E-state index is 10.9. The van der Waals surface area contributed by atoms with Gasteiger partial charge in [-0.05, 0) is 17.4 Å². The largest absolute Gasteiger partial charge is 0.496 e. The summed E-state index contributed by atoms with van der Waals surface area (Å²) in [6.07, 6.45) is 0.889. The summed E-state index contributed by atoms with van der Waals surface area (Å²) in [5.41, 5.74) is 2.91. The van der Waals surface area contributed by atoms with Crippen LogP contribution in [0.5, 0.6) is 5.75 Å². The average Bonchev–Trinajstić information content (AvgIpc) is 2.25. The highest BCUT2D eigenvalue weighted by Gasteiger charge is 2.22. The van der Waals surface area contributed by atoms with Crippen LogP contribution in [0.1, 0.15) is 44.4 Å². The van der Waals surface area contributed by atoms with E-state index in [1.807, 2.05) is 6.07 Å². The Kier molecular flexibility index (Phi) is 4.38. The van der Waals surface area contributed by atoms with E-state index in [9.17, 15) is 4.79 Å². The minimum Gasteiger partial charge on any atom is -0.496 e. The van der Waals surface area contributed by atoms with Crippen molar-refractivity contribution >= 4 is 5.97 Å². The van der Waals surface area contributed by atoms with Gasteiger partial charge in [0.1, 0.15) is 5.75 Å². The van der Waals surface area contributed by atoms with E-state index in [-0.39, 0.29) is 11.8 Å². The van der Waals surface area contributed by atoms with E-state index in [1.165, 1.54) is 0 Å². The number of methoxy groups -OCH3 is 1. The van der Waals surface area contributed by atoms with Crippen LogP contribution in [-0.4, -0.2) is 18.2 Å². The van der Waals surface area contributed by atoms with Crippen molar-refractivity contribution in [2.75, 3.05) is 7.11 Å². The van der Waals surface area contributed by atoms with Crippen LogP contribution >= 0.6 is 0 Å². The number of hydrogen-bond acceptors (Lipinski definition) is 2. The second-order valence-electron chi connectivity index (χ2n) is 5.51. The third kappa shape index (κ3) is 3.25. The first-order valence-corrected chi connectivity index (χ1v) is 6.21. The van der Waals surface area contributed by atoms with E-state index in [0.29, 0.717) is 5.75 Å². The minimum atomic E-state index is -0.832. The Morgan fingerprint density at radius 3 is 2.33 bits per heavy atom. The normalized spacial score (nSPS) is 11.4. The lowest BCUT2D eigenvalue weighted by Crippen LogP contribution is -2.15. The molecular weight excluding hydrogens is 228 g/mol. The number of aliphatic carboxylic acids is 1. The number of carboxylic acid groups (broad SMARTS) is 1. The van der Waals surface area contributed by atoms with Gasteiger partial charge in [0.05, 0.1) is 13.5 Å². The molecule has 0 bridgehead atoms. The molecule has 0 aliphatic rings. The molecule has 0 heterocycles. The molecule has 0 fully saturated rings. The van der Waals surface area contributed by atoms with Gasteiger partial charge in [-0.25, -0.2) is 0 Å². The van der Waals surface area contributed by atoms with Crippen molar-refractivity contribution in [3.05, 3.63) is 28.8 Å². The number of aryl methyl sites for hydroxylation is 1. The van der Waals surface area contributed by atoms with Crippen LogP contribution in [0.3, 0.4) is 0 Å². The van der Waals surface area contributed by atoms with E-state index >= 15 is 0 Å². The van der Waals surface area contributed by atoms with Crippen molar-refractivity contribution in [3.63, 3.8) is 0 Å². The lowest BCUT2D eigenvalue weighted by Gasteiger charge is -2.25. The molecule has 1 aromatic carbocycles. The Labute approximate surface area is 109 Å².